The first kappa shape index (κ1) is 5.35. The van der Waals surface area contributed by atoms with Crippen molar-refractivity contribution in [2.75, 3.05) is 6.42 Å². The molecule has 0 saturated heterocycles. The molecule has 0 amide bonds. The Morgan fingerprint density at radius 3 is 2.00 bits per heavy atom. The van der Waals surface area contributed by atoms with Crippen molar-refractivity contribution in [1.29, 1.82) is 0 Å². The molecule has 0 aromatic carbocycles. The van der Waals surface area contributed by atoms with Crippen LogP contribution < -0.4 is 0 Å². The Bertz CT molecular complexity index is 23.6. The van der Waals surface area contributed by atoms with Crippen LogP contribution in [-0.4, -0.2) is 14.0 Å². The molecule has 0 aromatic heterocycles. The summed E-state index contributed by atoms with van der Waals surface area (Å²) in [5, 5.41) is 0. The van der Waals surface area contributed by atoms with E-state index in [1.807, 2.05) is 0 Å². The van der Waals surface area contributed by atoms with Crippen molar-refractivity contribution in [3.63, 3.8) is 0 Å². The van der Waals surface area contributed by atoms with Crippen LogP contribution in [0.5, 0.6) is 0 Å². The number of hydrogen-bond donors (Lipinski definition) is 0. The molecule has 5 heavy (non-hydrogen) atoms. The molecule has 0 aliphatic heterocycles. The zero-order valence-electron chi connectivity index (χ0n) is 2.49. The molecule has 28 valence electrons. The third kappa shape index (κ3) is 4.35. The molecule has 0 fully saturated rings. The van der Waals surface area contributed by atoms with E-state index in [9.17, 15) is 8.59 Å². The maximum atomic E-state index is 10.9. The topological polar surface area (TPSA) is 0 Å². The van der Waals surface area contributed by atoms with Gasteiger partial charge in [-0.2, -0.15) is 0 Å². The standard InChI is InChI=1S/CH2BF2P/c2-5(4)1-3/h1H2. The normalized spacial score (nSPS) is 14.8. The second kappa shape index (κ2) is 2.58. The molecular weight excluding hydrogens is 91.8 g/mol. The molecule has 1 unspecified atom stereocenters. The van der Waals surface area contributed by atoms with Crippen molar-refractivity contribution in [2.24, 2.45) is 0 Å². The van der Waals surface area contributed by atoms with Gasteiger partial charge < -0.3 is 0 Å². The SMILES string of the molecule is [B]P(F)CF. The highest BCUT2D eigenvalue weighted by Crippen LogP contribution is 2.29. The molecule has 0 aliphatic carbocycles. The van der Waals surface area contributed by atoms with Crippen LogP contribution in [0.2, 0.25) is 0 Å². The molecule has 0 aromatic rings. The van der Waals surface area contributed by atoms with E-state index in [1.54, 1.807) is 0 Å². The molecule has 0 nitrogen and oxygen atoms in total. The second-order valence-corrected chi connectivity index (χ2v) is 1.56. The molecule has 0 rings (SSSR count). The Labute approximate surface area is 31.8 Å². The average molecular weight is 93.8 g/mol. The van der Waals surface area contributed by atoms with Gasteiger partial charge in [-0.3, -0.25) is 0 Å². The van der Waals surface area contributed by atoms with Gasteiger partial charge in [-0.05, 0) is 0 Å². The fourth-order valence-corrected chi connectivity index (χ4v) is 0. The predicted molar refractivity (Wildman–Crippen MR) is 19.8 cm³/mol. The van der Waals surface area contributed by atoms with Crippen LogP contribution in [0.1, 0.15) is 0 Å². The summed E-state index contributed by atoms with van der Waals surface area (Å²) in [6.07, 6.45) is -1.02. The van der Waals surface area contributed by atoms with E-state index in [0.29, 0.717) is 0 Å². The summed E-state index contributed by atoms with van der Waals surface area (Å²) in [5.41, 5.74) is 0. The number of hydrogen-bond acceptors (Lipinski definition) is 0. The highest BCUT2D eigenvalue weighted by Gasteiger charge is 1.89. The summed E-state index contributed by atoms with van der Waals surface area (Å²) in [6.45, 7) is 0. The van der Waals surface area contributed by atoms with Crippen LogP contribution in [0.3, 0.4) is 0 Å². The van der Waals surface area contributed by atoms with Gasteiger partial charge in [0.15, 0.2) is 7.57 Å². The Kier molecular flexibility index (Phi) is 2.77. The molecule has 0 N–H and O–H groups in total. The van der Waals surface area contributed by atoms with Gasteiger partial charge in [-0.25, -0.2) is 8.59 Å². The number of rotatable bonds is 1. The largest absolute Gasteiger partial charge is 0.244 e. The van der Waals surface area contributed by atoms with Crippen molar-refractivity contribution in [3.05, 3.63) is 0 Å². The minimum Gasteiger partial charge on any atom is -0.244 e. The van der Waals surface area contributed by atoms with Crippen molar-refractivity contribution >= 4 is 15.7 Å². The zero-order valence-corrected chi connectivity index (χ0v) is 3.38. The van der Waals surface area contributed by atoms with E-state index in [4.69, 9.17) is 0 Å². The summed E-state index contributed by atoms with van der Waals surface area (Å²) < 4.78 is 21.5. The summed E-state index contributed by atoms with van der Waals surface area (Å²) in [7, 11) is 2.05. The monoisotopic (exact) mass is 94.0 g/mol. The Morgan fingerprint density at radius 2 is 2.00 bits per heavy atom. The molecule has 1 atom stereocenters. The predicted octanol–water partition coefficient (Wildman–Crippen LogP) is 1.36. The fraction of sp³-hybridized carbons (Fsp3) is 1.00. The third-order valence-electron chi connectivity index (χ3n) is 0.114. The Morgan fingerprint density at radius 1 is 1.80 bits per heavy atom. The van der Waals surface area contributed by atoms with Gasteiger partial charge in [0.25, 0.3) is 0 Å². The van der Waals surface area contributed by atoms with Crippen LogP contribution >= 0.6 is 8.11 Å². The first-order valence-corrected chi connectivity index (χ1v) is 2.50. The van der Waals surface area contributed by atoms with E-state index in [0.717, 1.165) is 0 Å². The second-order valence-electron chi connectivity index (χ2n) is 0.519. The van der Waals surface area contributed by atoms with Gasteiger partial charge >= 0.3 is 0 Å². The maximum Gasteiger partial charge on any atom is 0.159 e. The highest BCUT2D eigenvalue weighted by molar-refractivity contribution is 7.77. The molecular formula is CH2BF2P. The third-order valence-corrected chi connectivity index (χ3v) is 0.343. The molecule has 0 aliphatic rings. The van der Waals surface area contributed by atoms with Crippen LogP contribution in [0.4, 0.5) is 8.59 Å². The van der Waals surface area contributed by atoms with Gasteiger partial charge in [0.1, 0.15) is 6.42 Å². The highest BCUT2D eigenvalue weighted by atomic mass is 31.2. The fourth-order valence-electron chi connectivity index (χ4n) is 0. The lowest BCUT2D eigenvalue weighted by atomic mass is 10.8. The molecule has 0 saturated carbocycles. The van der Waals surface area contributed by atoms with Gasteiger partial charge in [-0.1, -0.05) is 0 Å². The molecule has 0 heterocycles. The van der Waals surface area contributed by atoms with E-state index in [-0.39, 0.29) is 0 Å². The molecule has 0 bridgehead atoms. The van der Waals surface area contributed by atoms with Crippen LogP contribution in [0.25, 0.3) is 0 Å². The van der Waals surface area contributed by atoms with Gasteiger partial charge in [0.2, 0.25) is 0 Å². The summed E-state index contributed by atoms with van der Waals surface area (Å²) in [4.78, 5) is 0. The molecule has 0 spiro atoms. The average Bonchev–Trinajstić information content (AvgIpc) is 1.38. The van der Waals surface area contributed by atoms with Gasteiger partial charge in [0.05, 0.1) is 8.11 Å². The van der Waals surface area contributed by atoms with Crippen LogP contribution in [0, 0.1) is 0 Å². The van der Waals surface area contributed by atoms with Gasteiger partial charge in [-0.15, -0.1) is 0 Å². The lowest BCUT2D eigenvalue weighted by Crippen LogP contribution is -1.59. The minimum absolute atomic E-state index is 1.02. The summed E-state index contributed by atoms with van der Waals surface area (Å²) in [5.74, 6) is 0. The smallest absolute Gasteiger partial charge is 0.159 e. The van der Waals surface area contributed by atoms with E-state index < -0.39 is 14.5 Å². The molecule has 2 radical (unpaired) electrons. The lowest BCUT2D eigenvalue weighted by molar-refractivity contribution is 0.589. The van der Waals surface area contributed by atoms with Crippen molar-refractivity contribution in [1.82, 2.24) is 0 Å². The first-order valence-electron chi connectivity index (χ1n) is 1.01. The molecule has 4 heteroatoms. The van der Waals surface area contributed by atoms with Crippen LogP contribution in [-0.2, 0) is 0 Å². The van der Waals surface area contributed by atoms with E-state index in [2.05, 4.69) is 7.57 Å². The van der Waals surface area contributed by atoms with Crippen molar-refractivity contribution in [3.8, 4) is 0 Å². The Hall–Kier alpha value is 0.355. The van der Waals surface area contributed by atoms with Crippen molar-refractivity contribution < 1.29 is 8.59 Å². The Balaban J connectivity index is 2.54. The van der Waals surface area contributed by atoms with E-state index in [1.165, 1.54) is 0 Å². The number of alkyl halides is 1. The van der Waals surface area contributed by atoms with Crippen molar-refractivity contribution in [2.45, 2.75) is 0 Å². The maximum absolute atomic E-state index is 10.9. The van der Waals surface area contributed by atoms with Gasteiger partial charge in [0, 0.05) is 0 Å². The lowest BCUT2D eigenvalue weighted by Gasteiger charge is -1.83. The number of halogens is 2. The quantitative estimate of drug-likeness (QED) is 0.340. The zero-order chi connectivity index (χ0) is 4.28. The van der Waals surface area contributed by atoms with Crippen LogP contribution in [0.15, 0.2) is 0 Å². The first-order chi connectivity index (χ1) is 2.27. The summed E-state index contributed by atoms with van der Waals surface area (Å²) in [6, 6.07) is 0. The summed E-state index contributed by atoms with van der Waals surface area (Å²) >= 11 is 0. The minimum atomic E-state index is -2.26. The van der Waals surface area contributed by atoms with E-state index >= 15 is 0 Å².